The second-order valence-electron chi connectivity index (χ2n) is 6.96. The predicted octanol–water partition coefficient (Wildman–Crippen LogP) is 4.28. The van der Waals surface area contributed by atoms with Crippen molar-refractivity contribution in [2.24, 2.45) is 4.99 Å². The average molecular weight is 455 g/mol. The van der Waals surface area contributed by atoms with E-state index in [9.17, 15) is 8.42 Å². The molecule has 0 saturated carbocycles. The molecule has 7 nitrogen and oxygen atoms in total. The molecule has 0 heterocycles. The van der Waals surface area contributed by atoms with Crippen LogP contribution in [0, 0.1) is 0 Å². The largest absolute Gasteiger partial charge is 0.493 e. The minimum atomic E-state index is -3.61. The summed E-state index contributed by atoms with van der Waals surface area (Å²) in [5.74, 6) is 1.55. The van der Waals surface area contributed by atoms with Gasteiger partial charge < -0.3 is 14.2 Å². The lowest BCUT2D eigenvalue weighted by atomic mass is 10.2. The van der Waals surface area contributed by atoms with Crippen molar-refractivity contribution in [2.75, 3.05) is 28.4 Å². The zero-order valence-corrected chi connectivity index (χ0v) is 19.3. The van der Waals surface area contributed by atoms with Gasteiger partial charge in [0, 0.05) is 25.4 Å². The number of benzene rings is 3. The average Bonchev–Trinajstić information content (AvgIpc) is 2.82. The van der Waals surface area contributed by atoms with E-state index >= 15 is 0 Å². The van der Waals surface area contributed by atoms with Crippen LogP contribution in [0.5, 0.6) is 17.2 Å². The molecule has 0 saturated heterocycles. The van der Waals surface area contributed by atoms with Crippen LogP contribution in [0.3, 0.4) is 0 Å². The fraction of sp³-hybridized carbons (Fsp3) is 0.208. The van der Waals surface area contributed by atoms with Crippen molar-refractivity contribution in [1.82, 2.24) is 4.31 Å². The van der Waals surface area contributed by atoms with Crippen molar-refractivity contribution in [3.8, 4) is 17.2 Å². The fourth-order valence-corrected chi connectivity index (χ4v) is 4.29. The van der Waals surface area contributed by atoms with Crippen LogP contribution in [0.4, 0.5) is 5.69 Å². The minimum absolute atomic E-state index is 0.211. The summed E-state index contributed by atoms with van der Waals surface area (Å²) in [6.07, 6.45) is 1.65. The molecule has 8 heteroatoms. The maximum absolute atomic E-state index is 12.9. The van der Waals surface area contributed by atoms with Crippen LogP contribution in [-0.2, 0) is 16.6 Å². The van der Waals surface area contributed by atoms with Gasteiger partial charge in [0.15, 0.2) is 11.5 Å². The van der Waals surface area contributed by atoms with Crippen LogP contribution >= 0.6 is 0 Å². The van der Waals surface area contributed by atoms with Crippen molar-refractivity contribution in [3.63, 3.8) is 0 Å². The Bertz CT molecular complexity index is 1150. The predicted molar refractivity (Wildman–Crippen MR) is 125 cm³/mol. The topological polar surface area (TPSA) is 77.4 Å². The van der Waals surface area contributed by atoms with Gasteiger partial charge in [-0.25, -0.2) is 8.42 Å². The van der Waals surface area contributed by atoms with Crippen LogP contribution in [0.1, 0.15) is 11.1 Å². The standard InChI is InChI=1S/C24H26N2O5S/c1-26(17-18-8-6-5-7-9-18)32(27,28)21-12-10-20(11-13-21)25-16-19-14-22(29-2)24(31-4)23(15-19)30-3/h5-16H,17H2,1-4H3. The number of ether oxygens (including phenoxy) is 3. The number of aliphatic imine (C=N–C) groups is 1. The monoisotopic (exact) mass is 454 g/mol. The van der Waals surface area contributed by atoms with Gasteiger partial charge in [-0.1, -0.05) is 30.3 Å². The Hall–Kier alpha value is -3.36. The molecule has 0 aliphatic rings. The number of nitrogens with zero attached hydrogens (tertiary/aromatic N) is 2. The zero-order chi connectivity index (χ0) is 23.1. The van der Waals surface area contributed by atoms with Gasteiger partial charge in [0.05, 0.1) is 31.9 Å². The third-order valence-corrected chi connectivity index (χ3v) is 6.66. The number of methoxy groups -OCH3 is 3. The molecule has 0 radical (unpaired) electrons. The quantitative estimate of drug-likeness (QED) is 0.451. The summed E-state index contributed by atoms with van der Waals surface area (Å²) < 4.78 is 43.1. The van der Waals surface area contributed by atoms with Gasteiger partial charge in [-0.05, 0) is 42.0 Å². The summed E-state index contributed by atoms with van der Waals surface area (Å²) in [5, 5.41) is 0. The lowest BCUT2D eigenvalue weighted by Crippen LogP contribution is -2.26. The number of sulfonamides is 1. The lowest BCUT2D eigenvalue weighted by molar-refractivity contribution is 0.324. The third-order valence-electron chi connectivity index (χ3n) is 4.84. The van der Waals surface area contributed by atoms with Crippen LogP contribution in [0.2, 0.25) is 0 Å². The first-order chi connectivity index (χ1) is 15.4. The molecule has 3 aromatic carbocycles. The van der Waals surface area contributed by atoms with Gasteiger partial charge in [0.1, 0.15) is 0 Å². The molecule has 0 fully saturated rings. The molecular weight excluding hydrogens is 428 g/mol. The molecule has 32 heavy (non-hydrogen) atoms. The highest BCUT2D eigenvalue weighted by Gasteiger charge is 2.20. The van der Waals surface area contributed by atoms with E-state index in [0.29, 0.717) is 29.5 Å². The van der Waals surface area contributed by atoms with E-state index in [4.69, 9.17) is 14.2 Å². The highest BCUT2D eigenvalue weighted by molar-refractivity contribution is 7.89. The van der Waals surface area contributed by atoms with Gasteiger partial charge in [0.2, 0.25) is 15.8 Å². The maximum Gasteiger partial charge on any atom is 0.243 e. The molecule has 0 N–H and O–H groups in total. The smallest absolute Gasteiger partial charge is 0.243 e. The maximum atomic E-state index is 12.9. The van der Waals surface area contributed by atoms with Crippen molar-refractivity contribution < 1.29 is 22.6 Å². The minimum Gasteiger partial charge on any atom is -0.493 e. The zero-order valence-electron chi connectivity index (χ0n) is 18.5. The van der Waals surface area contributed by atoms with E-state index in [2.05, 4.69) is 4.99 Å². The number of hydrogen-bond donors (Lipinski definition) is 0. The van der Waals surface area contributed by atoms with Crippen molar-refractivity contribution in [2.45, 2.75) is 11.4 Å². The van der Waals surface area contributed by atoms with E-state index in [1.165, 1.54) is 4.31 Å². The second-order valence-corrected chi connectivity index (χ2v) is 9.00. The molecule has 168 valence electrons. The van der Waals surface area contributed by atoms with E-state index < -0.39 is 10.0 Å². The van der Waals surface area contributed by atoms with Crippen molar-refractivity contribution >= 4 is 21.9 Å². The Kier molecular flexibility index (Phi) is 7.50. The van der Waals surface area contributed by atoms with E-state index in [1.807, 2.05) is 30.3 Å². The normalized spacial score (nSPS) is 11.7. The first-order valence-electron chi connectivity index (χ1n) is 9.83. The first kappa shape index (κ1) is 23.3. The molecule has 0 amide bonds. The van der Waals surface area contributed by atoms with Gasteiger partial charge in [-0.3, -0.25) is 4.99 Å². The Morgan fingerprint density at radius 3 is 2.00 bits per heavy atom. The summed E-state index contributed by atoms with van der Waals surface area (Å²) in [5.41, 5.74) is 2.28. The van der Waals surface area contributed by atoms with Crippen molar-refractivity contribution in [3.05, 3.63) is 77.9 Å². The molecule has 0 bridgehead atoms. The molecule has 0 unspecified atom stereocenters. The van der Waals surface area contributed by atoms with Gasteiger partial charge in [-0.15, -0.1) is 0 Å². The Morgan fingerprint density at radius 1 is 0.875 bits per heavy atom. The molecule has 0 spiro atoms. The van der Waals surface area contributed by atoms with Crippen molar-refractivity contribution in [1.29, 1.82) is 0 Å². The summed E-state index contributed by atoms with van der Waals surface area (Å²) in [7, 11) is 2.59. The van der Waals surface area contributed by atoms with E-state index in [1.54, 1.807) is 71.0 Å². The summed E-state index contributed by atoms with van der Waals surface area (Å²) in [4.78, 5) is 4.64. The fourth-order valence-electron chi connectivity index (χ4n) is 3.13. The van der Waals surface area contributed by atoms with Crippen LogP contribution in [-0.4, -0.2) is 47.3 Å². The Balaban J connectivity index is 1.78. The molecule has 0 aliphatic heterocycles. The highest BCUT2D eigenvalue weighted by Crippen LogP contribution is 2.37. The third kappa shape index (κ3) is 5.27. The molecule has 0 aliphatic carbocycles. The van der Waals surface area contributed by atoms with Crippen LogP contribution in [0.25, 0.3) is 0 Å². The van der Waals surface area contributed by atoms with Crippen LogP contribution in [0.15, 0.2) is 76.6 Å². The summed E-state index contributed by atoms with van der Waals surface area (Å²) in [6, 6.07) is 19.5. The number of hydrogen-bond acceptors (Lipinski definition) is 6. The Morgan fingerprint density at radius 2 is 1.47 bits per heavy atom. The SMILES string of the molecule is COc1cc(C=Nc2ccc(S(=O)(=O)N(C)Cc3ccccc3)cc2)cc(OC)c1OC. The first-order valence-corrected chi connectivity index (χ1v) is 11.3. The van der Waals surface area contributed by atoms with Gasteiger partial charge >= 0.3 is 0 Å². The highest BCUT2D eigenvalue weighted by atomic mass is 32.2. The van der Waals surface area contributed by atoms with Crippen LogP contribution < -0.4 is 14.2 Å². The second kappa shape index (κ2) is 10.3. The Labute approximate surface area is 188 Å². The molecule has 3 aromatic rings. The molecule has 0 atom stereocenters. The van der Waals surface area contributed by atoms with E-state index in [0.717, 1.165) is 11.1 Å². The van der Waals surface area contributed by atoms with E-state index in [-0.39, 0.29) is 4.90 Å². The van der Waals surface area contributed by atoms with Gasteiger partial charge in [-0.2, -0.15) is 4.31 Å². The molecular formula is C24H26N2O5S. The number of rotatable bonds is 9. The van der Waals surface area contributed by atoms with Gasteiger partial charge in [0.25, 0.3) is 0 Å². The molecule has 0 aromatic heterocycles. The summed E-state index contributed by atoms with van der Waals surface area (Å²) in [6.45, 7) is 0.296. The summed E-state index contributed by atoms with van der Waals surface area (Å²) >= 11 is 0. The molecule has 3 rings (SSSR count). The lowest BCUT2D eigenvalue weighted by Gasteiger charge is -2.17.